The maximum absolute atomic E-state index is 11.1. The van der Waals surface area contributed by atoms with Crippen LogP contribution in [-0.2, 0) is 0 Å². The zero-order chi connectivity index (χ0) is 12.7. The fourth-order valence-electron chi connectivity index (χ4n) is 3.00. The van der Waals surface area contributed by atoms with Gasteiger partial charge in [-0.3, -0.25) is 0 Å². The van der Waals surface area contributed by atoms with Gasteiger partial charge in [-0.2, -0.15) is 0 Å². The van der Waals surface area contributed by atoms with Crippen LogP contribution in [-0.4, -0.2) is 40.9 Å². The molecule has 1 aromatic rings. The van der Waals surface area contributed by atoms with E-state index in [9.17, 15) is 9.90 Å². The summed E-state index contributed by atoms with van der Waals surface area (Å²) in [4.78, 5) is 12.5. The number of ether oxygens (including phenoxy) is 1. The molecule has 2 atom stereocenters. The lowest BCUT2D eigenvalue weighted by Crippen LogP contribution is -2.27. The first-order chi connectivity index (χ1) is 8.66. The van der Waals surface area contributed by atoms with Crippen LogP contribution >= 0.6 is 0 Å². The first-order valence-corrected chi connectivity index (χ1v) is 6.09. The van der Waals surface area contributed by atoms with Crippen molar-refractivity contribution in [1.29, 1.82) is 0 Å². The molecule has 0 aromatic heterocycles. The average Bonchev–Trinajstić information content (AvgIpc) is 2.66. The molecule has 0 saturated carbocycles. The van der Waals surface area contributed by atoms with Crippen molar-refractivity contribution in [2.24, 2.45) is 5.92 Å². The van der Waals surface area contributed by atoms with Gasteiger partial charge in [0, 0.05) is 24.6 Å². The Balaban J connectivity index is 2.00. The van der Waals surface area contributed by atoms with E-state index in [1.54, 1.807) is 12.1 Å². The Hall–Kier alpha value is -1.91. The maximum Gasteiger partial charge on any atom is 0.407 e. The fraction of sp³-hybridized carbons (Fsp3) is 0.462. The summed E-state index contributed by atoms with van der Waals surface area (Å²) in [6.07, 6.45) is -0.0660. The Bertz CT molecular complexity index is 488. The van der Waals surface area contributed by atoms with Gasteiger partial charge in [-0.05, 0) is 24.5 Å². The lowest BCUT2D eigenvalue weighted by atomic mass is 9.87. The van der Waals surface area contributed by atoms with Gasteiger partial charge in [-0.15, -0.1) is 0 Å². The van der Waals surface area contributed by atoms with Gasteiger partial charge >= 0.3 is 6.09 Å². The number of aromatic hydroxyl groups is 1. The molecule has 1 aromatic carbocycles. The van der Waals surface area contributed by atoms with Gasteiger partial charge in [0.05, 0.1) is 6.61 Å². The number of hydrogen-bond acceptors (Lipinski definition) is 3. The molecule has 0 bridgehead atoms. The number of phenolic OH excluding ortho intramolecular Hbond substituents is 1. The SMILES string of the molecule is O=C(O)N1CC2CCOc3cccc(O)c3C2C1. The number of benzene rings is 1. The fourth-order valence-corrected chi connectivity index (χ4v) is 3.00. The monoisotopic (exact) mass is 249 g/mol. The molecule has 5 nitrogen and oxygen atoms in total. The van der Waals surface area contributed by atoms with Crippen molar-refractivity contribution in [2.75, 3.05) is 19.7 Å². The van der Waals surface area contributed by atoms with E-state index in [4.69, 9.17) is 9.84 Å². The van der Waals surface area contributed by atoms with Crippen molar-refractivity contribution in [3.63, 3.8) is 0 Å². The molecule has 0 aliphatic carbocycles. The van der Waals surface area contributed by atoms with Gasteiger partial charge in [0.25, 0.3) is 0 Å². The number of phenols is 1. The molecule has 0 radical (unpaired) electrons. The summed E-state index contributed by atoms with van der Waals surface area (Å²) in [7, 11) is 0. The van der Waals surface area contributed by atoms with E-state index >= 15 is 0 Å². The number of likely N-dealkylation sites (tertiary alicyclic amines) is 1. The summed E-state index contributed by atoms with van der Waals surface area (Å²) in [6, 6.07) is 5.22. The van der Waals surface area contributed by atoms with E-state index in [2.05, 4.69) is 0 Å². The normalized spacial score (nSPS) is 25.9. The summed E-state index contributed by atoms with van der Waals surface area (Å²) in [5.74, 6) is 1.17. The molecule has 1 saturated heterocycles. The predicted molar refractivity (Wildman–Crippen MR) is 64.0 cm³/mol. The molecule has 2 heterocycles. The standard InChI is InChI=1S/C13H15NO4/c15-10-2-1-3-11-12(10)9-7-14(13(16)17)6-8(9)4-5-18-11/h1-3,8-9,15H,4-7H2,(H,16,17). The molecule has 1 amide bonds. The molecular formula is C13H15NO4. The second kappa shape index (κ2) is 4.08. The summed E-state index contributed by atoms with van der Waals surface area (Å²) in [6.45, 7) is 1.54. The van der Waals surface area contributed by atoms with Crippen LogP contribution in [0.25, 0.3) is 0 Å². The number of carbonyl (C=O) groups is 1. The highest BCUT2D eigenvalue weighted by Gasteiger charge is 2.40. The zero-order valence-electron chi connectivity index (χ0n) is 9.87. The van der Waals surface area contributed by atoms with Crippen LogP contribution < -0.4 is 4.74 Å². The Morgan fingerprint density at radius 1 is 1.39 bits per heavy atom. The third-order valence-electron chi connectivity index (χ3n) is 3.87. The summed E-state index contributed by atoms with van der Waals surface area (Å²) < 4.78 is 5.64. The van der Waals surface area contributed by atoms with Crippen LogP contribution in [0.3, 0.4) is 0 Å². The molecule has 0 spiro atoms. The minimum absolute atomic E-state index is 0.0415. The highest BCUT2D eigenvalue weighted by Crippen LogP contribution is 2.45. The number of carboxylic acid groups (broad SMARTS) is 1. The minimum Gasteiger partial charge on any atom is -0.508 e. The van der Waals surface area contributed by atoms with Gasteiger partial charge in [0.15, 0.2) is 0 Å². The van der Waals surface area contributed by atoms with Gasteiger partial charge in [-0.1, -0.05) is 6.07 Å². The number of nitrogens with zero attached hydrogens (tertiary/aromatic N) is 1. The van der Waals surface area contributed by atoms with Crippen molar-refractivity contribution in [1.82, 2.24) is 4.90 Å². The van der Waals surface area contributed by atoms with Crippen LogP contribution in [0, 0.1) is 5.92 Å². The second-order valence-electron chi connectivity index (χ2n) is 4.88. The van der Waals surface area contributed by atoms with Crippen LogP contribution in [0.15, 0.2) is 18.2 Å². The van der Waals surface area contributed by atoms with E-state index in [0.717, 1.165) is 12.0 Å². The van der Waals surface area contributed by atoms with Gasteiger partial charge in [0.2, 0.25) is 0 Å². The molecule has 2 N–H and O–H groups in total. The van der Waals surface area contributed by atoms with Gasteiger partial charge in [0.1, 0.15) is 11.5 Å². The van der Waals surface area contributed by atoms with E-state index in [1.165, 1.54) is 4.90 Å². The number of hydrogen-bond donors (Lipinski definition) is 2. The topological polar surface area (TPSA) is 70.0 Å². The quantitative estimate of drug-likeness (QED) is 0.736. The smallest absolute Gasteiger partial charge is 0.407 e. The Labute approximate surface area is 105 Å². The first-order valence-electron chi connectivity index (χ1n) is 6.09. The maximum atomic E-state index is 11.1. The van der Waals surface area contributed by atoms with E-state index < -0.39 is 6.09 Å². The number of fused-ring (bicyclic) bond motifs is 3. The number of amides is 1. The molecule has 18 heavy (non-hydrogen) atoms. The van der Waals surface area contributed by atoms with Crippen LogP contribution in [0.2, 0.25) is 0 Å². The summed E-state index contributed by atoms with van der Waals surface area (Å²) >= 11 is 0. The molecule has 96 valence electrons. The lowest BCUT2D eigenvalue weighted by Gasteiger charge is -2.17. The zero-order valence-corrected chi connectivity index (χ0v) is 9.87. The van der Waals surface area contributed by atoms with E-state index in [1.807, 2.05) is 6.07 Å². The lowest BCUT2D eigenvalue weighted by molar-refractivity contribution is 0.152. The van der Waals surface area contributed by atoms with Crippen molar-refractivity contribution in [3.05, 3.63) is 23.8 Å². The summed E-state index contributed by atoms with van der Waals surface area (Å²) in [5.41, 5.74) is 0.767. The van der Waals surface area contributed by atoms with Gasteiger partial charge < -0.3 is 19.8 Å². The Kier molecular flexibility index (Phi) is 2.54. The van der Waals surface area contributed by atoms with Crippen LogP contribution in [0.5, 0.6) is 11.5 Å². The van der Waals surface area contributed by atoms with Crippen LogP contribution in [0.4, 0.5) is 4.79 Å². The highest BCUT2D eigenvalue weighted by atomic mass is 16.5. The third kappa shape index (κ3) is 1.66. The first kappa shape index (κ1) is 11.2. The second-order valence-corrected chi connectivity index (χ2v) is 4.88. The Morgan fingerprint density at radius 3 is 3.00 bits per heavy atom. The third-order valence-corrected chi connectivity index (χ3v) is 3.87. The molecular weight excluding hydrogens is 234 g/mol. The molecule has 1 fully saturated rings. The predicted octanol–water partition coefficient (Wildman–Crippen LogP) is 1.87. The Morgan fingerprint density at radius 2 is 2.22 bits per heavy atom. The number of rotatable bonds is 0. The molecule has 2 aliphatic rings. The molecule has 2 aliphatic heterocycles. The highest BCUT2D eigenvalue weighted by molar-refractivity contribution is 5.66. The minimum atomic E-state index is -0.888. The van der Waals surface area contributed by atoms with Crippen molar-refractivity contribution >= 4 is 6.09 Å². The largest absolute Gasteiger partial charge is 0.508 e. The summed E-state index contributed by atoms with van der Waals surface area (Å²) in [5, 5.41) is 19.1. The van der Waals surface area contributed by atoms with Crippen molar-refractivity contribution in [2.45, 2.75) is 12.3 Å². The van der Waals surface area contributed by atoms with Crippen molar-refractivity contribution in [3.8, 4) is 11.5 Å². The molecule has 3 rings (SSSR count). The van der Waals surface area contributed by atoms with E-state index in [-0.39, 0.29) is 17.6 Å². The van der Waals surface area contributed by atoms with Crippen molar-refractivity contribution < 1.29 is 19.7 Å². The molecule has 5 heteroatoms. The molecule has 2 unspecified atom stereocenters. The van der Waals surface area contributed by atoms with Crippen LogP contribution in [0.1, 0.15) is 17.9 Å². The van der Waals surface area contributed by atoms with E-state index in [0.29, 0.717) is 25.4 Å². The van der Waals surface area contributed by atoms with Gasteiger partial charge in [-0.25, -0.2) is 4.79 Å². The average molecular weight is 249 g/mol.